The predicted molar refractivity (Wildman–Crippen MR) is 92.0 cm³/mol. The minimum absolute atomic E-state index is 0.0543. The van der Waals surface area contributed by atoms with Crippen molar-refractivity contribution < 1.29 is 29.7 Å². The summed E-state index contributed by atoms with van der Waals surface area (Å²) in [7, 11) is 0. The fourth-order valence-electron chi connectivity index (χ4n) is 4.12. The number of hydrogen-bond donors (Lipinski definition) is 3. The molecule has 2 aliphatic rings. The zero-order chi connectivity index (χ0) is 18.8. The minimum Gasteiger partial charge on any atom is -0.481 e. The highest BCUT2D eigenvalue weighted by Gasteiger charge is 2.52. The molecule has 3 atom stereocenters. The molecule has 26 heavy (non-hydrogen) atoms. The maximum Gasteiger partial charge on any atom is 0.412 e. The van der Waals surface area contributed by atoms with E-state index in [1.807, 2.05) is 12.1 Å². The maximum atomic E-state index is 12.4. The summed E-state index contributed by atoms with van der Waals surface area (Å²) in [4.78, 5) is 37.8. The van der Waals surface area contributed by atoms with Crippen LogP contribution in [0.25, 0.3) is 0 Å². The number of anilines is 1. The van der Waals surface area contributed by atoms with Crippen LogP contribution in [0.2, 0.25) is 0 Å². The van der Waals surface area contributed by atoms with Gasteiger partial charge in [-0.05, 0) is 24.5 Å². The summed E-state index contributed by atoms with van der Waals surface area (Å²) in [6.45, 7) is -0.0903. The number of carboxylic acid groups (broad SMARTS) is 2. The lowest BCUT2D eigenvalue weighted by Crippen LogP contribution is -2.66. The second-order valence-corrected chi connectivity index (χ2v) is 6.72. The van der Waals surface area contributed by atoms with Gasteiger partial charge in [0.25, 0.3) is 0 Å². The van der Waals surface area contributed by atoms with E-state index in [-0.39, 0.29) is 49.9 Å². The summed E-state index contributed by atoms with van der Waals surface area (Å²) < 4.78 is 0. The fraction of sp³-hybridized carbons (Fsp3) is 0.500. The van der Waals surface area contributed by atoms with Gasteiger partial charge in [-0.2, -0.15) is 0 Å². The van der Waals surface area contributed by atoms with E-state index >= 15 is 0 Å². The number of hydrogen-bond acceptors (Lipinski definition) is 4. The number of carbonyl (C=O) groups is 3. The van der Waals surface area contributed by atoms with Crippen molar-refractivity contribution in [1.82, 2.24) is 4.90 Å². The Hall–Kier alpha value is -2.61. The summed E-state index contributed by atoms with van der Waals surface area (Å²) in [6.07, 6.45) is -0.252. The number of amides is 2. The first kappa shape index (κ1) is 18.2. The van der Waals surface area contributed by atoms with Gasteiger partial charge in [-0.3, -0.25) is 14.5 Å². The molecule has 0 bridgehead atoms. The molecule has 1 heterocycles. The van der Waals surface area contributed by atoms with Gasteiger partial charge in [0.2, 0.25) is 5.91 Å². The van der Waals surface area contributed by atoms with Gasteiger partial charge in [0.1, 0.15) is 0 Å². The van der Waals surface area contributed by atoms with Crippen LogP contribution in [0.4, 0.5) is 10.5 Å². The minimum atomic E-state index is -1.04. The smallest absolute Gasteiger partial charge is 0.412 e. The second-order valence-electron chi connectivity index (χ2n) is 6.72. The molecule has 0 saturated heterocycles. The van der Waals surface area contributed by atoms with Crippen molar-refractivity contribution >= 4 is 23.7 Å². The SMILES string of the molecule is O=C(O)CCC(=O)N(CCO)C1CC2C1Cc1ccccc1N2C(=O)O. The largest absolute Gasteiger partial charge is 0.481 e. The number of para-hydroxylation sites is 1. The Morgan fingerprint density at radius 2 is 1.88 bits per heavy atom. The van der Waals surface area contributed by atoms with Gasteiger partial charge in [0.15, 0.2) is 0 Å². The number of aliphatic hydroxyl groups excluding tert-OH is 1. The van der Waals surface area contributed by atoms with Crippen LogP contribution in [0.5, 0.6) is 0 Å². The molecule has 3 N–H and O–H groups in total. The topological polar surface area (TPSA) is 118 Å². The van der Waals surface area contributed by atoms with Crippen LogP contribution >= 0.6 is 0 Å². The lowest BCUT2D eigenvalue weighted by Gasteiger charge is -2.55. The first-order valence-corrected chi connectivity index (χ1v) is 8.66. The van der Waals surface area contributed by atoms with E-state index in [0.29, 0.717) is 18.5 Å². The van der Waals surface area contributed by atoms with E-state index in [9.17, 15) is 24.6 Å². The van der Waals surface area contributed by atoms with Crippen LogP contribution < -0.4 is 4.90 Å². The Labute approximate surface area is 150 Å². The van der Waals surface area contributed by atoms with Crippen LogP contribution in [-0.4, -0.2) is 63.4 Å². The standard InChI is InChI=1S/C18H22N2O6/c21-8-7-19(16(22)5-6-17(23)24)14-10-15-12(14)9-11-3-1-2-4-13(11)20(15)18(25)26/h1-4,12,14-15,21H,5-10H2,(H,23,24)(H,25,26). The zero-order valence-corrected chi connectivity index (χ0v) is 14.2. The third kappa shape index (κ3) is 3.24. The average molecular weight is 362 g/mol. The molecule has 2 amide bonds. The van der Waals surface area contributed by atoms with Gasteiger partial charge in [-0.25, -0.2) is 4.79 Å². The monoisotopic (exact) mass is 362 g/mol. The molecule has 1 aromatic rings. The van der Waals surface area contributed by atoms with Crippen LogP contribution in [0.1, 0.15) is 24.8 Å². The summed E-state index contributed by atoms with van der Waals surface area (Å²) in [5.74, 6) is -1.41. The Kier molecular flexibility index (Phi) is 5.13. The Morgan fingerprint density at radius 3 is 2.54 bits per heavy atom. The number of rotatable bonds is 6. The van der Waals surface area contributed by atoms with Crippen LogP contribution in [0.3, 0.4) is 0 Å². The molecular formula is C18H22N2O6. The highest BCUT2D eigenvalue weighted by atomic mass is 16.4. The van der Waals surface area contributed by atoms with E-state index in [2.05, 4.69) is 0 Å². The lowest BCUT2D eigenvalue weighted by atomic mass is 9.67. The van der Waals surface area contributed by atoms with Crippen LogP contribution in [0, 0.1) is 5.92 Å². The van der Waals surface area contributed by atoms with Crippen molar-refractivity contribution in [2.45, 2.75) is 37.8 Å². The third-order valence-corrected chi connectivity index (χ3v) is 5.33. The molecule has 140 valence electrons. The molecule has 8 heteroatoms. The van der Waals surface area contributed by atoms with E-state index in [4.69, 9.17) is 5.11 Å². The third-order valence-electron chi connectivity index (χ3n) is 5.33. The van der Waals surface area contributed by atoms with E-state index < -0.39 is 12.1 Å². The summed E-state index contributed by atoms with van der Waals surface area (Å²) >= 11 is 0. The molecule has 1 aliphatic heterocycles. The van der Waals surface area contributed by atoms with E-state index in [1.165, 1.54) is 9.80 Å². The Balaban J connectivity index is 1.80. The van der Waals surface area contributed by atoms with Crippen molar-refractivity contribution in [3.05, 3.63) is 29.8 Å². The molecule has 1 aromatic carbocycles. The number of carboxylic acids is 1. The van der Waals surface area contributed by atoms with Gasteiger partial charge in [-0.15, -0.1) is 0 Å². The quantitative estimate of drug-likeness (QED) is 0.699. The molecule has 1 saturated carbocycles. The predicted octanol–water partition coefficient (Wildman–Crippen LogP) is 1.17. The van der Waals surface area contributed by atoms with Crippen molar-refractivity contribution in [3.8, 4) is 0 Å². The van der Waals surface area contributed by atoms with Gasteiger partial charge in [0, 0.05) is 31.0 Å². The Morgan fingerprint density at radius 1 is 1.15 bits per heavy atom. The lowest BCUT2D eigenvalue weighted by molar-refractivity contribution is -0.144. The second kappa shape index (κ2) is 7.33. The molecule has 1 aliphatic carbocycles. The number of carbonyl (C=O) groups excluding carboxylic acids is 1. The summed E-state index contributed by atoms with van der Waals surface area (Å²) in [6, 6.07) is 6.94. The van der Waals surface area contributed by atoms with Gasteiger partial charge in [-0.1, -0.05) is 18.2 Å². The van der Waals surface area contributed by atoms with Crippen molar-refractivity contribution in [2.75, 3.05) is 18.1 Å². The average Bonchev–Trinajstić information content (AvgIpc) is 2.59. The molecule has 3 rings (SSSR count). The first-order chi connectivity index (χ1) is 12.4. The molecule has 8 nitrogen and oxygen atoms in total. The summed E-state index contributed by atoms with van der Waals surface area (Å²) in [5, 5.41) is 27.7. The number of benzene rings is 1. The molecular weight excluding hydrogens is 340 g/mol. The summed E-state index contributed by atoms with van der Waals surface area (Å²) in [5.41, 5.74) is 1.60. The normalized spacial score (nSPS) is 23.4. The van der Waals surface area contributed by atoms with Crippen LogP contribution in [0.15, 0.2) is 24.3 Å². The number of aliphatic carboxylic acids is 1. The van der Waals surface area contributed by atoms with Crippen LogP contribution in [-0.2, 0) is 16.0 Å². The van der Waals surface area contributed by atoms with E-state index in [1.54, 1.807) is 12.1 Å². The highest BCUT2D eigenvalue weighted by molar-refractivity contribution is 5.89. The van der Waals surface area contributed by atoms with Gasteiger partial charge < -0.3 is 20.2 Å². The Bertz CT molecular complexity index is 721. The van der Waals surface area contributed by atoms with Crippen molar-refractivity contribution in [2.24, 2.45) is 5.92 Å². The zero-order valence-electron chi connectivity index (χ0n) is 14.2. The highest BCUT2D eigenvalue weighted by Crippen LogP contribution is 2.46. The molecule has 0 radical (unpaired) electrons. The number of nitrogens with zero attached hydrogens (tertiary/aromatic N) is 2. The van der Waals surface area contributed by atoms with E-state index in [0.717, 1.165) is 5.56 Å². The van der Waals surface area contributed by atoms with Gasteiger partial charge >= 0.3 is 12.1 Å². The molecule has 0 spiro atoms. The first-order valence-electron chi connectivity index (χ1n) is 8.66. The number of fused-ring (bicyclic) bond motifs is 2. The van der Waals surface area contributed by atoms with Gasteiger partial charge in [0.05, 0.1) is 18.7 Å². The maximum absolute atomic E-state index is 12.4. The van der Waals surface area contributed by atoms with Crippen molar-refractivity contribution in [1.29, 1.82) is 0 Å². The molecule has 1 fully saturated rings. The molecule has 0 aromatic heterocycles. The van der Waals surface area contributed by atoms with Crippen molar-refractivity contribution in [3.63, 3.8) is 0 Å². The molecule has 3 unspecified atom stereocenters. The fourth-order valence-corrected chi connectivity index (χ4v) is 4.12. The number of aliphatic hydroxyl groups is 1.